The fourth-order valence-corrected chi connectivity index (χ4v) is 3.27. The molecule has 2 heterocycles. The maximum atomic E-state index is 13.3. The second-order valence-electron chi connectivity index (χ2n) is 6.79. The summed E-state index contributed by atoms with van der Waals surface area (Å²) in [6, 6.07) is 6.48. The number of hydrogen-bond donors (Lipinski definition) is 1. The van der Waals surface area contributed by atoms with Crippen molar-refractivity contribution in [2.24, 2.45) is 5.92 Å². The van der Waals surface area contributed by atoms with Crippen LogP contribution in [0, 0.1) is 17.6 Å². The molecule has 0 radical (unpaired) electrons. The highest BCUT2D eigenvalue weighted by Gasteiger charge is 2.22. The number of piperidine rings is 1. The number of benzene rings is 1. The van der Waals surface area contributed by atoms with E-state index in [-0.39, 0.29) is 17.7 Å². The molecule has 2 aromatic rings. The minimum atomic E-state index is -0.667. The van der Waals surface area contributed by atoms with Gasteiger partial charge in [-0.1, -0.05) is 0 Å². The number of hydrogen-bond acceptors (Lipinski definition) is 3. The highest BCUT2D eigenvalue weighted by atomic mass is 19.1. The molecule has 1 fully saturated rings. The van der Waals surface area contributed by atoms with Crippen LogP contribution in [0.3, 0.4) is 0 Å². The van der Waals surface area contributed by atoms with Gasteiger partial charge >= 0.3 is 0 Å². The van der Waals surface area contributed by atoms with Gasteiger partial charge in [0, 0.05) is 38.1 Å². The number of aromatic nitrogens is 1. The molecule has 3 rings (SSSR count). The van der Waals surface area contributed by atoms with Gasteiger partial charge in [0.15, 0.2) is 0 Å². The number of nitrogens with zero attached hydrogens (tertiary/aromatic N) is 2. The number of pyridine rings is 1. The van der Waals surface area contributed by atoms with E-state index in [9.17, 15) is 18.4 Å². The molecule has 1 N–H and O–H groups in total. The molecule has 1 saturated heterocycles. The molecule has 2 amide bonds. The highest BCUT2D eigenvalue weighted by Crippen LogP contribution is 2.23. The van der Waals surface area contributed by atoms with Gasteiger partial charge in [-0.15, -0.1) is 0 Å². The monoisotopic (exact) mass is 373 g/mol. The fourth-order valence-electron chi connectivity index (χ4n) is 3.27. The van der Waals surface area contributed by atoms with Crippen molar-refractivity contribution in [2.75, 3.05) is 18.4 Å². The lowest BCUT2D eigenvalue weighted by Gasteiger charge is -2.30. The molecule has 1 aromatic carbocycles. The number of carbonyl (C=O) groups excluding carboxylic acids is 2. The molecule has 0 bridgehead atoms. The van der Waals surface area contributed by atoms with E-state index in [0.717, 1.165) is 18.9 Å². The molecule has 0 saturated carbocycles. The van der Waals surface area contributed by atoms with Crippen molar-refractivity contribution in [3.05, 3.63) is 48.2 Å². The van der Waals surface area contributed by atoms with Crippen molar-refractivity contribution in [1.29, 1.82) is 0 Å². The third kappa shape index (κ3) is 5.09. The molecule has 0 atom stereocenters. The zero-order valence-corrected chi connectivity index (χ0v) is 15.0. The smallest absolute Gasteiger partial charge is 0.224 e. The lowest BCUT2D eigenvalue weighted by molar-refractivity contribution is -0.130. The summed E-state index contributed by atoms with van der Waals surface area (Å²) < 4.78 is 26.6. The van der Waals surface area contributed by atoms with Gasteiger partial charge in [0.05, 0.1) is 17.6 Å². The summed E-state index contributed by atoms with van der Waals surface area (Å²) in [6.45, 7) is 2.93. The van der Waals surface area contributed by atoms with Crippen LogP contribution in [0.2, 0.25) is 0 Å². The molecule has 1 aliphatic rings. The minimum Gasteiger partial charge on any atom is -0.343 e. The molecule has 0 unspecified atom stereocenters. The molecular formula is C20H21F2N3O2. The van der Waals surface area contributed by atoms with Gasteiger partial charge in [0.1, 0.15) is 11.6 Å². The SMILES string of the molecule is CC(=O)N1CCC(CC(=O)Nc2ccc(-c3cc(F)cc(F)c3)nc2)CC1. The van der Waals surface area contributed by atoms with Crippen LogP contribution in [0.5, 0.6) is 0 Å². The topological polar surface area (TPSA) is 62.3 Å². The Morgan fingerprint density at radius 1 is 1.15 bits per heavy atom. The highest BCUT2D eigenvalue weighted by molar-refractivity contribution is 5.90. The minimum absolute atomic E-state index is 0.0715. The predicted octanol–water partition coefficient (Wildman–Crippen LogP) is 3.61. The first-order chi connectivity index (χ1) is 12.9. The Morgan fingerprint density at radius 2 is 1.81 bits per heavy atom. The Morgan fingerprint density at radius 3 is 2.37 bits per heavy atom. The quantitative estimate of drug-likeness (QED) is 0.891. The summed E-state index contributed by atoms with van der Waals surface area (Å²) in [5.41, 5.74) is 1.28. The van der Waals surface area contributed by atoms with E-state index in [1.54, 1.807) is 24.0 Å². The summed E-state index contributed by atoms with van der Waals surface area (Å²) in [7, 11) is 0. The van der Waals surface area contributed by atoms with Gasteiger partial charge < -0.3 is 10.2 Å². The lowest BCUT2D eigenvalue weighted by Crippen LogP contribution is -2.37. The van der Waals surface area contributed by atoms with Crippen molar-refractivity contribution < 1.29 is 18.4 Å². The molecule has 5 nitrogen and oxygen atoms in total. The van der Waals surface area contributed by atoms with Gasteiger partial charge in [0.25, 0.3) is 0 Å². The van der Waals surface area contributed by atoms with Crippen molar-refractivity contribution in [2.45, 2.75) is 26.2 Å². The van der Waals surface area contributed by atoms with Crippen LogP contribution in [0.1, 0.15) is 26.2 Å². The molecule has 0 aliphatic carbocycles. The Bertz CT molecular complexity index is 811. The van der Waals surface area contributed by atoms with E-state index < -0.39 is 11.6 Å². The second-order valence-corrected chi connectivity index (χ2v) is 6.79. The van der Waals surface area contributed by atoms with Crippen LogP contribution >= 0.6 is 0 Å². The fraction of sp³-hybridized carbons (Fsp3) is 0.350. The average molecular weight is 373 g/mol. The van der Waals surface area contributed by atoms with Crippen molar-refractivity contribution in [3.8, 4) is 11.3 Å². The van der Waals surface area contributed by atoms with Crippen LogP contribution < -0.4 is 5.32 Å². The van der Waals surface area contributed by atoms with Gasteiger partial charge in [-0.25, -0.2) is 8.78 Å². The maximum absolute atomic E-state index is 13.3. The van der Waals surface area contributed by atoms with Gasteiger partial charge in [-0.2, -0.15) is 0 Å². The largest absolute Gasteiger partial charge is 0.343 e. The maximum Gasteiger partial charge on any atom is 0.224 e. The van der Waals surface area contributed by atoms with Crippen LogP contribution in [0.25, 0.3) is 11.3 Å². The number of likely N-dealkylation sites (tertiary alicyclic amines) is 1. The Hall–Kier alpha value is -2.83. The Kier molecular flexibility index (Phi) is 5.78. The number of rotatable bonds is 4. The standard InChI is InChI=1S/C20H21F2N3O2/c1-13(26)25-6-4-14(5-7-25)8-20(27)24-18-2-3-19(23-12-18)15-9-16(21)11-17(22)10-15/h2-3,9-12,14H,4-8H2,1H3,(H,24,27). The summed E-state index contributed by atoms with van der Waals surface area (Å²) in [6.07, 6.45) is 3.49. The van der Waals surface area contributed by atoms with E-state index in [0.29, 0.717) is 36.5 Å². The first-order valence-corrected chi connectivity index (χ1v) is 8.88. The Balaban J connectivity index is 1.55. The second kappa shape index (κ2) is 8.24. The third-order valence-electron chi connectivity index (χ3n) is 4.74. The zero-order chi connectivity index (χ0) is 19.4. The normalized spacial score (nSPS) is 14.9. The molecule has 1 aliphatic heterocycles. The van der Waals surface area contributed by atoms with Gasteiger partial charge in [0.2, 0.25) is 11.8 Å². The summed E-state index contributed by atoms with van der Waals surface area (Å²) in [4.78, 5) is 29.5. The summed E-state index contributed by atoms with van der Waals surface area (Å²) in [5.74, 6) is -1.12. The number of carbonyl (C=O) groups is 2. The van der Waals surface area contributed by atoms with Gasteiger partial charge in [-0.3, -0.25) is 14.6 Å². The van der Waals surface area contributed by atoms with E-state index >= 15 is 0 Å². The van der Waals surface area contributed by atoms with Crippen molar-refractivity contribution in [3.63, 3.8) is 0 Å². The zero-order valence-electron chi connectivity index (χ0n) is 15.0. The first kappa shape index (κ1) is 18.9. The third-order valence-corrected chi connectivity index (χ3v) is 4.74. The number of nitrogens with one attached hydrogen (secondary N) is 1. The van der Waals surface area contributed by atoms with Crippen molar-refractivity contribution >= 4 is 17.5 Å². The van der Waals surface area contributed by atoms with E-state index in [1.807, 2.05) is 0 Å². The van der Waals surface area contributed by atoms with Crippen molar-refractivity contribution in [1.82, 2.24) is 9.88 Å². The summed E-state index contributed by atoms with van der Waals surface area (Å²) in [5, 5.41) is 2.79. The molecule has 7 heteroatoms. The van der Waals surface area contributed by atoms with E-state index in [2.05, 4.69) is 10.3 Å². The predicted molar refractivity (Wildman–Crippen MR) is 97.8 cm³/mol. The molecule has 142 valence electrons. The average Bonchev–Trinajstić information content (AvgIpc) is 2.62. The molecular weight excluding hydrogens is 352 g/mol. The summed E-state index contributed by atoms with van der Waals surface area (Å²) >= 11 is 0. The molecule has 0 spiro atoms. The van der Waals surface area contributed by atoms with Crippen LogP contribution in [0.4, 0.5) is 14.5 Å². The van der Waals surface area contributed by atoms with E-state index in [4.69, 9.17) is 0 Å². The van der Waals surface area contributed by atoms with E-state index in [1.165, 1.54) is 18.3 Å². The number of amides is 2. The number of halogens is 2. The number of anilines is 1. The Labute approximate surface area is 156 Å². The van der Waals surface area contributed by atoms with Crippen LogP contribution in [0.15, 0.2) is 36.5 Å². The molecule has 1 aromatic heterocycles. The molecule has 27 heavy (non-hydrogen) atoms. The van der Waals surface area contributed by atoms with Crippen LogP contribution in [-0.2, 0) is 9.59 Å². The lowest BCUT2D eigenvalue weighted by atomic mass is 9.93. The van der Waals surface area contributed by atoms with Crippen LogP contribution in [-0.4, -0.2) is 34.8 Å². The van der Waals surface area contributed by atoms with Gasteiger partial charge in [-0.05, 0) is 43.0 Å². The first-order valence-electron chi connectivity index (χ1n) is 8.88.